The quantitative estimate of drug-likeness (QED) is 0.722. The number of hydrogen-bond donors (Lipinski definition) is 1. The van der Waals surface area contributed by atoms with Crippen LogP contribution < -0.4 is 0 Å². The molecular weight excluding hydrogens is 374 g/mol. The second-order valence-corrected chi connectivity index (χ2v) is 10.6. The molecule has 3 rings (SSSR count). The monoisotopic (exact) mass is 397 g/mol. The van der Waals surface area contributed by atoms with Crippen molar-refractivity contribution >= 4 is 33.0 Å². The summed E-state index contributed by atoms with van der Waals surface area (Å²) >= 11 is 2.28. The SMILES string of the molecule is CC(C)(C)[S+]([O-])N=C1c2cc(Br)ccc2C[C@]12CC[C@H](O)CC2. The maximum Gasteiger partial charge on any atom is 0.144 e. The second kappa shape index (κ2) is 6.17. The number of halogens is 1. The molecule has 1 unspecified atom stereocenters. The lowest BCUT2D eigenvalue weighted by Crippen LogP contribution is -2.37. The summed E-state index contributed by atoms with van der Waals surface area (Å²) in [6.45, 7) is 5.88. The average Bonchev–Trinajstić information content (AvgIpc) is 2.75. The van der Waals surface area contributed by atoms with E-state index in [1.807, 2.05) is 20.8 Å². The van der Waals surface area contributed by atoms with Crippen LogP contribution in [0.3, 0.4) is 0 Å². The van der Waals surface area contributed by atoms with E-state index >= 15 is 0 Å². The van der Waals surface area contributed by atoms with Gasteiger partial charge in [0, 0.05) is 15.5 Å². The molecule has 0 saturated heterocycles. The first-order chi connectivity index (χ1) is 10.7. The van der Waals surface area contributed by atoms with Crippen molar-refractivity contribution in [2.24, 2.45) is 9.81 Å². The Morgan fingerprint density at radius 2 is 1.96 bits per heavy atom. The van der Waals surface area contributed by atoms with Crippen molar-refractivity contribution in [1.29, 1.82) is 0 Å². The van der Waals surface area contributed by atoms with E-state index in [4.69, 9.17) is 4.40 Å². The van der Waals surface area contributed by atoms with Crippen molar-refractivity contribution in [1.82, 2.24) is 0 Å². The predicted molar refractivity (Wildman–Crippen MR) is 99.2 cm³/mol. The third-order valence-electron chi connectivity index (χ3n) is 4.97. The van der Waals surface area contributed by atoms with Crippen LogP contribution in [-0.2, 0) is 17.8 Å². The first kappa shape index (κ1) is 17.5. The van der Waals surface area contributed by atoms with Gasteiger partial charge in [0.15, 0.2) is 0 Å². The van der Waals surface area contributed by atoms with E-state index < -0.39 is 11.4 Å². The average molecular weight is 398 g/mol. The molecule has 126 valence electrons. The van der Waals surface area contributed by atoms with Gasteiger partial charge in [-0.1, -0.05) is 26.4 Å². The molecular formula is C18H24BrNO2S. The van der Waals surface area contributed by atoms with Crippen molar-refractivity contribution in [2.75, 3.05) is 0 Å². The fourth-order valence-corrected chi connectivity index (χ4v) is 4.68. The number of benzene rings is 1. The first-order valence-corrected chi connectivity index (χ1v) is 10.1. The van der Waals surface area contributed by atoms with Gasteiger partial charge in [-0.15, -0.1) is 0 Å². The van der Waals surface area contributed by atoms with Gasteiger partial charge in [-0.2, -0.15) is 0 Å². The summed E-state index contributed by atoms with van der Waals surface area (Å²) < 4.78 is 18.0. The lowest BCUT2D eigenvalue weighted by Gasteiger charge is -2.36. The molecule has 2 aliphatic rings. The van der Waals surface area contributed by atoms with E-state index in [1.54, 1.807) is 0 Å². The maximum atomic E-state index is 12.7. The zero-order valence-corrected chi connectivity index (χ0v) is 16.3. The van der Waals surface area contributed by atoms with Gasteiger partial charge in [0.1, 0.15) is 21.8 Å². The molecule has 0 radical (unpaired) electrons. The zero-order valence-electron chi connectivity index (χ0n) is 13.9. The number of hydrogen-bond acceptors (Lipinski definition) is 3. The molecule has 0 heterocycles. The number of aliphatic hydroxyl groups is 1. The number of fused-ring (bicyclic) bond motifs is 1. The van der Waals surface area contributed by atoms with Crippen LogP contribution in [0.5, 0.6) is 0 Å². The summed E-state index contributed by atoms with van der Waals surface area (Å²) in [5.41, 5.74) is 3.36. The topological polar surface area (TPSA) is 55.7 Å². The molecule has 3 nitrogen and oxygen atoms in total. The molecule has 23 heavy (non-hydrogen) atoms. The van der Waals surface area contributed by atoms with E-state index in [0.29, 0.717) is 0 Å². The molecule has 1 fully saturated rings. The van der Waals surface area contributed by atoms with Crippen molar-refractivity contribution in [3.63, 3.8) is 0 Å². The standard InChI is InChI=1S/C18H24BrNO2S/c1-17(2,3)23(22)20-16-15-10-13(19)5-4-12(15)11-18(16)8-6-14(21)7-9-18/h4-5,10,14,21H,6-9,11H2,1-3H3/t14-,18+,23?. The molecule has 0 amide bonds. The maximum absolute atomic E-state index is 12.7. The van der Waals surface area contributed by atoms with Gasteiger partial charge in [0.05, 0.1) is 6.10 Å². The highest BCUT2D eigenvalue weighted by molar-refractivity contribution is 9.10. The molecule has 0 bridgehead atoms. The zero-order chi connectivity index (χ0) is 16.8. The van der Waals surface area contributed by atoms with E-state index in [1.165, 1.54) is 5.56 Å². The molecule has 1 aromatic rings. The van der Waals surface area contributed by atoms with Crippen LogP contribution in [-0.4, -0.2) is 26.2 Å². The molecule has 1 spiro atoms. The third-order valence-corrected chi connectivity index (χ3v) is 6.86. The molecule has 2 aliphatic carbocycles. The molecule has 0 aromatic heterocycles. The Bertz CT molecular complexity index is 630. The number of rotatable bonds is 1. The van der Waals surface area contributed by atoms with Crippen molar-refractivity contribution < 1.29 is 9.66 Å². The van der Waals surface area contributed by atoms with Gasteiger partial charge in [0.25, 0.3) is 0 Å². The largest absolute Gasteiger partial charge is 0.591 e. The first-order valence-electron chi connectivity index (χ1n) is 8.19. The van der Waals surface area contributed by atoms with Crippen LogP contribution in [0, 0.1) is 5.41 Å². The molecule has 1 saturated carbocycles. The fourth-order valence-electron chi connectivity index (χ4n) is 3.59. The predicted octanol–water partition coefficient (Wildman–Crippen LogP) is 4.18. The van der Waals surface area contributed by atoms with Gasteiger partial charge in [0.2, 0.25) is 0 Å². The fraction of sp³-hybridized carbons (Fsp3) is 0.611. The molecule has 5 heteroatoms. The van der Waals surface area contributed by atoms with Crippen LogP contribution in [0.4, 0.5) is 0 Å². The normalized spacial score (nSPS) is 30.7. The minimum Gasteiger partial charge on any atom is -0.591 e. The van der Waals surface area contributed by atoms with Crippen molar-refractivity contribution in [3.8, 4) is 0 Å². The molecule has 1 N–H and O–H groups in total. The van der Waals surface area contributed by atoms with E-state index in [-0.39, 0.29) is 16.3 Å². The van der Waals surface area contributed by atoms with E-state index in [9.17, 15) is 9.66 Å². The van der Waals surface area contributed by atoms with Gasteiger partial charge >= 0.3 is 0 Å². The lowest BCUT2D eigenvalue weighted by atomic mass is 9.70. The summed E-state index contributed by atoms with van der Waals surface area (Å²) in [5, 5.41) is 9.90. The smallest absolute Gasteiger partial charge is 0.144 e. The van der Waals surface area contributed by atoms with E-state index in [0.717, 1.165) is 47.9 Å². The summed E-state index contributed by atoms with van der Waals surface area (Å²) in [4.78, 5) is 0. The van der Waals surface area contributed by atoms with Crippen LogP contribution in [0.2, 0.25) is 0 Å². The second-order valence-electron chi connectivity index (χ2n) is 7.79. The highest BCUT2D eigenvalue weighted by Crippen LogP contribution is 2.48. The highest BCUT2D eigenvalue weighted by Gasteiger charge is 2.47. The highest BCUT2D eigenvalue weighted by atomic mass is 79.9. The third kappa shape index (κ3) is 3.39. The minimum atomic E-state index is -1.27. The van der Waals surface area contributed by atoms with Gasteiger partial charge in [-0.05, 0) is 70.6 Å². The van der Waals surface area contributed by atoms with Gasteiger partial charge < -0.3 is 9.66 Å². The molecule has 1 aromatic carbocycles. The summed E-state index contributed by atoms with van der Waals surface area (Å²) in [7, 11) is 0. The lowest BCUT2D eigenvalue weighted by molar-refractivity contribution is 0.0934. The summed E-state index contributed by atoms with van der Waals surface area (Å²) in [6, 6.07) is 6.32. The molecule has 0 aliphatic heterocycles. The number of aliphatic hydroxyl groups excluding tert-OH is 1. The summed E-state index contributed by atoms with van der Waals surface area (Å²) in [5.74, 6) is 0. The van der Waals surface area contributed by atoms with Crippen LogP contribution in [0.15, 0.2) is 27.1 Å². The van der Waals surface area contributed by atoms with Gasteiger partial charge in [-0.3, -0.25) is 0 Å². The van der Waals surface area contributed by atoms with Gasteiger partial charge in [-0.25, -0.2) is 0 Å². The van der Waals surface area contributed by atoms with Crippen LogP contribution >= 0.6 is 15.9 Å². The Balaban J connectivity index is 2.06. The Labute approximate surface area is 150 Å². The Kier molecular flexibility index (Phi) is 4.69. The van der Waals surface area contributed by atoms with Crippen LogP contribution in [0.25, 0.3) is 0 Å². The minimum absolute atomic E-state index is 0.0523. The van der Waals surface area contributed by atoms with E-state index in [2.05, 4.69) is 34.1 Å². The summed E-state index contributed by atoms with van der Waals surface area (Å²) in [6.07, 6.45) is 4.18. The Morgan fingerprint density at radius 3 is 2.57 bits per heavy atom. The number of nitrogens with zero attached hydrogens (tertiary/aromatic N) is 1. The van der Waals surface area contributed by atoms with Crippen molar-refractivity contribution in [3.05, 3.63) is 33.8 Å². The van der Waals surface area contributed by atoms with Crippen LogP contribution in [0.1, 0.15) is 57.6 Å². The molecule has 1 atom stereocenters. The Hall–Kier alpha value is -0.360. The van der Waals surface area contributed by atoms with Crippen molar-refractivity contribution in [2.45, 2.75) is 63.7 Å². The Morgan fingerprint density at radius 1 is 1.30 bits per heavy atom.